The molecular formula is C7H6ClNO2. The van der Waals surface area contributed by atoms with Crippen molar-refractivity contribution in [2.75, 3.05) is 6.79 Å². The summed E-state index contributed by atoms with van der Waals surface area (Å²) in [5, 5.41) is 0. The molecule has 11 heavy (non-hydrogen) atoms. The first-order valence-corrected chi connectivity index (χ1v) is 3.74. The Morgan fingerprint density at radius 2 is 2.45 bits per heavy atom. The maximum atomic E-state index is 5.65. The Balaban J connectivity index is 2.50. The van der Waals surface area contributed by atoms with Gasteiger partial charge in [-0.15, -0.1) is 11.6 Å². The van der Waals surface area contributed by atoms with E-state index >= 15 is 0 Å². The first-order valence-electron chi connectivity index (χ1n) is 3.21. The lowest BCUT2D eigenvalue weighted by Crippen LogP contribution is -1.94. The van der Waals surface area contributed by atoms with Crippen LogP contribution in [0.1, 0.15) is 5.56 Å². The lowest BCUT2D eigenvalue weighted by atomic mass is 10.3. The van der Waals surface area contributed by atoms with E-state index in [4.69, 9.17) is 21.1 Å². The zero-order valence-electron chi connectivity index (χ0n) is 5.71. The van der Waals surface area contributed by atoms with Gasteiger partial charge in [-0.05, 0) is 6.07 Å². The molecule has 0 N–H and O–H groups in total. The van der Waals surface area contributed by atoms with E-state index in [9.17, 15) is 0 Å². The van der Waals surface area contributed by atoms with Crippen molar-refractivity contribution >= 4 is 11.6 Å². The summed E-state index contributed by atoms with van der Waals surface area (Å²) in [6.45, 7) is 0.246. The molecule has 1 aromatic heterocycles. The van der Waals surface area contributed by atoms with Crippen molar-refractivity contribution in [1.82, 2.24) is 4.98 Å². The summed E-state index contributed by atoms with van der Waals surface area (Å²) in [5.74, 6) is 1.65. The van der Waals surface area contributed by atoms with Crippen LogP contribution in [0, 0.1) is 0 Å². The Kier molecular flexibility index (Phi) is 1.58. The number of pyridine rings is 1. The topological polar surface area (TPSA) is 31.4 Å². The summed E-state index contributed by atoms with van der Waals surface area (Å²) in [4.78, 5) is 3.96. The number of nitrogens with zero attached hydrogens (tertiary/aromatic N) is 1. The van der Waals surface area contributed by atoms with Gasteiger partial charge in [0.2, 0.25) is 6.79 Å². The first-order chi connectivity index (χ1) is 5.42. The van der Waals surface area contributed by atoms with Crippen LogP contribution in [0.2, 0.25) is 0 Å². The third-order valence-electron chi connectivity index (χ3n) is 1.50. The van der Waals surface area contributed by atoms with Gasteiger partial charge in [0.1, 0.15) is 0 Å². The van der Waals surface area contributed by atoms with Gasteiger partial charge in [-0.3, -0.25) is 0 Å². The van der Waals surface area contributed by atoms with Crippen molar-refractivity contribution in [1.29, 1.82) is 0 Å². The van der Waals surface area contributed by atoms with Crippen LogP contribution in [0.3, 0.4) is 0 Å². The minimum atomic E-state index is 0.246. The largest absolute Gasteiger partial charge is 0.451 e. The molecule has 4 heteroatoms. The second-order valence-corrected chi connectivity index (χ2v) is 2.41. The summed E-state index contributed by atoms with van der Waals surface area (Å²) < 4.78 is 10.2. The average molecular weight is 172 g/mol. The third-order valence-corrected chi connectivity index (χ3v) is 1.78. The van der Waals surface area contributed by atoms with E-state index in [1.165, 1.54) is 0 Å². The van der Waals surface area contributed by atoms with Crippen LogP contribution in [0.15, 0.2) is 12.3 Å². The molecule has 0 bridgehead atoms. The normalized spacial score (nSPS) is 13.5. The van der Waals surface area contributed by atoms with E-state index in [0.29, 0.717) is 17.5 Å². The van der Waals surface area contributed by atoms with Gasteiger partial charge in [0.05, 0.1) is 5.88 Å². The molecule has 1 aliphatic heterocycles. The van der Waals surface area contributed by atoms with E-state index in [1.807, 2.05) is 6.07 Å². The van der Waals surface area contributed by atoms with Gasteiger partial charge in [0, 0.05) is 11.8 Å². The fourth-order valence-corrected chi connectivity index (χ4v) is 1.18. The number of rotatable bonds is 1. The Hall–Kier alpha value is -0.960. The summed E-state index contributed by atoms with van der Waals surface area (Å²) in [5.41, 5.74) is 0.925. The molecule has 0 aliphatic carbocycles. The highest BCUT2D eigenvalue weighted by atomic mass is 35.5. The quantitative estimate of drug-likeness (QED) is 0.601. The average Bonchev–Trinajstić information content (AvgIpc) is 2.50. The van der Waals surface area contributed by atoms with Gasteiger partial charge in [0.15, 0.2) is 5.75 Å². The van der Waals surface area contributed by atoms with Crippen LogP contribution in [-0.2, 0) is 5.88 Å². The number of aromatic nitrogens is 1. The zero-order valence-corrected chi connectivity index (χ0v) is 6.47. The summed E-state index contributed by atoms with van der Waals surface area (Å²) >= 11 is 5.65. The monoisotopic (exact) mass is 171 g/mol. The SMILES string of the molecule is ClCc1ccnc2c1OCO2. The van der Waals surface area contributed by atoms with Crippen molar-refractivity contribution in [2.24, 2.45) is 0 Å². The number of ether oxygens (including phenoxy) is 2. The molecule has 0 amide bonds. The Labute approximate surface area is 68.9 Å². The standard InChI is InChI=1S/C7H6ClNO2/c8-3-5-1-2-9-7-6(5)10-4-11-7/h1-2H,3-4H2. The lowest BCUT2D eigenvalue weighted by molar-refractivity contribution is 0.170. The van der Waals surface area contributed by atoms with Gasteiger partial charge in [-0.1, -0.05) is 0 Å². The zero-order chi connectivity index (χ0) is 7.68. The van der Waals surface area contributed by atoms with E-state index in [1.54, 1.807) is 6.20 Å². The first kappa shape index (κ1) is 6.73. The van der Waals surface area contributed by atoms with Crippen LogP contribution >= 0.6 is 11.6 Å². The highest BCUT2D eigenvalue weighted by Gasteiger charge is 2.17. The molecule has 0 unspecified atom stereocenters. The summed E-state index contributed by atoms with van der Waals surface area (Å²) in [6, 6.07) is 1.82. The number of halogens is 1. The maximum absolute atomic E-state index is 5.65. The highest BCUT2D eigenvalue weighted by Crippen LogP contribution is 2.33. The molecule has 0 saturated heterocycles. The van der Waals surface area contributed by atoms with Gasteiger partial charge >= 0.3 is 0 Å². The van der Waals surface area contributed by atoms with Crippen molar-refractivity contribution in [3.63, 3.8) is 0 Å². The van der Waals surface area contributed by atoms with Gasteiger partial charge < -0.3 is 9.47 Å². The van der Waals surface area contributed by atoms with Crippen molar-refractivity contribution in [2.45, 2.75) is 5.88 Å². The molecule has 1 aromatic rings. The molecule has 0 fully saturated rings. The van der Waals surface area contributed by atoms with Crippen LogP contribution in [0.5, 0.6) is 11.6 Å². The molecule has 1 aliphatic rings. The molecular weight excluding hydrogens is 166 g/mol. The van der Waals surface area contributed by atoms with E-state index in [-0.39, 0.29) is 6.79 Å². The van der Waals surface area contributed by atoms with Gasteiger partial charge in [-0.2, -0.15) is 0 Å². The molecule has 0 spiro atoms. The smallest absolute Gasteiger partial charge is 0.260 e. The summed E-state index contributed by atoms with van der Waals surface area (Å²) in [7, 11) is 0. The maximum Gasteiger partial charge on any atom is 0.260 e. The van der Waals surface area contributed by atoms with Crippen LogP contribution in [-0.4, -0.2) is 11.8 Å². The minimum absolute atomic E-state index is 0.246. The molecule has 0 saturated carbocycles. The van der Waals surface area contributed by atoms with Crippen LogP contribution in [0.4, 0.5) is 0 Å². The molecule has 2 rings (SSSR count). The number of fused-ring (bicyclic) bond motifs is 1. The minimum Gasteiger partial charge on any atom is -0.451 e. The predicted octanol–water partition coefficient (Wildman–Crippen LogP) is 1.55. The Morgan fingerprint density at radius 1 is 1.55 bits per heavy atom. The van der Waals surface area contributed by atoms with E-state index in [0.717, 1.165) is 5.56 Å². The van der Waals surface area contributed by atoms with E-state index < -0.39 is 0 Å². The molecule has 0 aromatic carbocycles. The summed E-state index contributed by atoms with van der Waals surface area (Å²) in [6.07, 6.45) is 1.66. The molecule has 0 radical (unpaired) electrons. The van der Waals surface area contributed by atoms with Gasteiger partial charge in [-0.25, -0.2) is 4.98 Å². The number of hydrogen-bond donors (Lipinski definition) is 0. The number of alkyl halides is 1. The van der Waals surface area contributed by atoms with Crippen LogP contribution < -0.4 is 9.47 Å². The Morgan fingerprint density at radius 3 is 3.27 bits per heavy atom. The molecule has 3 nitrogen and oxygen atoms in total. The molecule has 2 heterocycles. The van der Waals surface area contributed by atoms with Crippen molar-refractivity contribution in [3.05, 3.63) is 17.8 Å². The van der Waals surface area contributed by atoms with Crippen molar-refractivity contribution < 1.29 is 9.47 Å². The van der Waals surface area contributed by atoms with Gasteiger partial charge in [0.25, 0.3) is 5.88 Å². The fraction of sp³-hybridized carbons (Fsp3) is 0.286. The fourth-order valence-electron chi connectivity index (χ4n) is 0.973. The highest BCUT2D eigenvalue weighted by molar-refractivity contribution is 6.17. The molecule has 58 valence electrons. The predicted molar refractivity (Wildman–Crippen MR) is 39.9 cm³/mol. The van der Waals surface area contributed by atoms with Crippen LogP contribution in [0.25, 0.3) is 0 Å². The lowest BCUT2D eigenvalue weighted by Gasteiger charge is -1.98. The van der Waals surface area contributed by atoms with Crippen molar-refractivity contribution in [3.8, 4) is 11.6 Å². The second-order valence-electron chi connectivity index (χ2n) is 2.14. The Bertz CT molecular complexity index is 277. The van der Waals surface area contributed by atoms with E-state index in [2.05, 4.69) is 4.98 Å². The number of hydrogen-bond acceptors (Lipinski definition) is 3. The third kappa shape index (κ3) is 1.01. The molecule has 0 atom stereocenters. The second kappa shape index (κ2) is 2.58.